The van der Waals surface area contributed by atoms with Crippen LogP contribution < -0.4 is 10.6 Å². The van der Waals surface area contributed by atoms with Gasteiger partial charge in [-0.15, -0.1) is 12.4 Å². The molecule has 0 amide bonds. The maximum absolute atomic E-state index is 6.20. The molecule has 2 fully saturated rings. The zero-order valence-corrected chi connectivity index (χ0v) is 10.9. The molecule has 5 heteroatoms. The maximum atomic E-state index is 6.20. The first kappa shape index (κ1) is 12.6. The molecule has 1 saturated carbocycles. The Morgan fingerprint density at radius 3 is 2.47 bits per heavy atom. The molecule has 0 spiro atoms. The summed E-state index contributed by atoms with van der Waals surface area (Å²) >= 11 is 0. The molecule has 2 aliphatic rings. The van der Waals surface area contributed by atoms with E-state index in [2.05, 4.69) is 20.9 Å². The Hall–Kier alpha value is -0.870. The molecule has 2 unspecified atom stereocenters. The van der Waals surface area contributed by atoms with Crippen LogP contribution in [0.4, 0.5) is 5.82 Å². The smallest absolute Gasteiger partial charge is 0.132 e. The average molecular weight is 255 g/mol. The van der Waals surface area contributed by atoms with Crippen LogP contribution in [0.3, 0.4) is 0 Å². The molecule has 1 saturated heterocycles. The first-order chi connectivity index (χ1) is 7.74. The van der Waals surface area contributed by atoms with Crippen LogP contribution in [0.1, 0.15) is 18.5 Å². The molecule has 1 aromatic rings. The second-order valence-corrected chi connectivity index (χ2v) is 5.10. The summed E-state index contributed by atoms with van der Waals surface area (Å²) in [5.41, 5.74) is 7.23. The predicted octanol–water partition coefficient (Wildman–Crippen LogP) is 1.38. The van der Waals surface area contributed by atoms with Gasteiger partial charge in [0.1, 0.15) is 12.1 Å². The highest BCUT2D eigenvalue weighted by molar-refractivity contribution is 5.85. The highest BCUT2D eigenvalue weighted by Crippen LogP contribution is 2.36. The maximum Gasteiger partial charge on any atom is 0.132 e. The Labute approximate surface area is 108 Å². The van der Waals surface area contributed by atoms with Crippen molar-refractivity contribution in [2.24, 2.45) is 17.6 Å². The normalized spacial score (nSPS) is 31.2. The van der Waals surface area contributed by atoms with Crippen molar-refractivity contribution in [2.75, 3.05) is 18.0 Å². The summed E-state index contributed by atoms with van der Waals surface area (Å²) < 4.78 is 0. The number of fused-ring (bicyclic) bond motifs is 2. The largest absolute Gasteiger partial charge is 0.356 e. The number of piperidine rings is 1. The zero-order chi connectivity index (χ0) is 11.1. The fourth-order valence-electron chi connectivity index (χ4n) is 3.07. The Balaban J connectivity index is 0.00000108. The van der Waals surface area contributed by atoms with Gasteiger partial charge in [0.05, 0.1) is 0 Å². The molecule has 1 aliphatic carbocycles. The lowest BCUT2D eigenvalue weighted by atomic mass is 9.93. The minimum Gasteiger partial charge on any atom is -0.356 e. The van der Waals surface area contributed by atoms with E-state index < -0.39 is 0 Å². The average Bonchev–Trinajstić information content (AvgIpc) is 2.53. The molecule has 0 radical (unpaired) electrons. The predicted molar refractivity (Wildman–Crippen MR) is 70.4 cm³/mol. The lowest BCUT2D eigenvalue weighted by Crippen LogP contribution is -2.49. The van der Waals surface area contributed by atoms with Crippen molar-refractivity contribution in [3.8, 4) is 0 Å². The Morgan fingerprint density at radius 2 is 1.88 bits per heavy atom. The fourth-order valence-corrected chi connectivity index (χ4v) is 3.07. The Bertz CT molecular complexity index is 384. The van der Waals surface area contributed by atoms with Crippen LogP contribution in [0.25, 0.3) is 0 Å². The summed E-state index contributed by atoms with van der Waals surface area (Å²) in [6.45, 7) is 4.14. The van der Waals surface area contributed by atoms with Crippen LogP contribution in [0.2, 0.25) is 0 Å². The van der Waals surface area contributed by atoms with E-state index in [1.165, 1.54) is 12.8 Å². The number of rotatable bonds is 1. The van der Waals surface area contributed by atoms with Gasteiger partial charge in [-0.25, -0.2) is 9.97 Å². The first-order valence-electron chi connectivity index (χ1n) is 6.03. The molecule has 2 bridgehead atoms. The van der Waals surface area contributed by atoms with E-state index in [1.54, 1.807) is 6.33 Å². The highest BCUT2D eigenvalue weighted by Gasteiger charge is 2.40. The van der Waals surface area contributed by atoms with E-state index in [1.807, 2.05) is 6.92 Å². The number of aryl methyl sites for hydroxylation is 1. The van der Waals surface area contributed by atoms with E-state index >= 15 is 0 Å². The van der Waals surface area contributed by atoms with Gasteiger partial charge in [-0.2, -0.15) is 0 Å². The van der Waals surface area contributed by atoms with Crippen LogP contribution in [0, 0.1) is 18.8 Å². The third-order valence-corrected chi connectivity index (χ3v) is 4.02. The Morgan fingerprint density at radius 1 is 1.24 bits per heavy atom. The van der Waals surface area contributed by atoms with Gasteiger partial charge in [-0.1, -0.05) is 0 Å². The van der Waals surface area contributed by atoms with Gasteiger partial charge in [-0.3, -0.25) is 0 Å². The van der Waals surface area contributed by atoms with Crippen LogP contribution in [0.15, 0.2) is 12.4 Å². The molecule has 1 aliphatic heterocycles. The zero-order valence-electron chi connectivity index (χ0n) is 10.0. The number of nitrogens with two attached hydrogens (primary N) is 1. The second kappa shape index (κ2) is 4.78. The molecular formula is C12H19ClN4. The third kappa shape index (κ3) is 2.24. The summed E-state index contributed by atoms with van der Waals surface area (Å²) in [5, 5.41) is 0. The van der Waals surface area contributed by atoms with Crippen LogP contribution in [-0.4, -0.2) is 29.1 Å². The molecule has 94 valence electrons. The van der Waals surface area contributed by atoms with E-state index in [9.17, 15) is 0 Å². The van der Waals surface area contributed by atoms with Gasteiger partial charge in [0.25, 0.3) is 0 Å². The third-order valence-electron chi connectivity index (χ3n) is 4.02. The molecule has 2 N–H and O–H groups in total. The van der Waals surface area contributed by atoms with Crippen molar-refractivity contribution >= 4 is 18.2 Å². The van der Waals surface area contributed by atoms with E-state index in [0.717, 1.165) is 24.6 Å². The molecular weight excluding hydrogens is 236 g/mol. The van der Waals surface area contributed by atoms with E-state index in [4.69, 9.17) is 5.73 Å². The number of hydrogen-bond acceptors (Lipinski definition) is 4. The van der Waals surface area contributed by atoms with Gasteiger partial charge in [0.15, 0.2) is 0 Å². The van der Waals surface area contributed by atoms with Gasteiger partial charge < -0.3 is 10.6 Å². The van der Waals surface area contributed by atoms with Gasteiger partial charge in [-0.05, 0) is 31.6 Å². The lowest BCUT2D eigenvalue weighted by molar-refractivity contribution is 0.355. The van der Waals surface area contributed by atoms with Crippen molar-refractivity contribution in [1.29, 1.82) is 0 Å². The molecule has 4 nitrogen and oxygen atoms in total. The van der Waals surface area contributed by atoms with E-state index in [0.29, 0.717) is 17.9 Å². The molecule has 3 rings (SSSR count). The molecule has 0 aromatic carbocycles. The summed E-state index contributed by atoms with van der Waals surface area (Å²) in [5.74, 6) is 2.39. The number of nitrogens with zero attached hydrogens (tertiary/aromatic N) is 3. The van der Waals surface area contributed by atoms with Crippen molar-refractivity contribution in [3.63, 3.8) is 0 Å². The van der Waals surface area contributed by atoms with E-state index in [-0.39, 0.29) is 12.4 Å². The van der Waals surface area contributed by atoms with Crippen LogP contribution in [0.5, 0.6) is 0 Å². The van der Waals surface area contributed by atoms with Crippen molar-refractivity contribution in [3.05, 3.63) is 18.1 Å². The number of halogens is 1. The summed E-state index contributed by atoms with van der Waals surface area (Å²) in [7, 11) is 0. The Kier molecular flexibility index (Phi) is 3.54. The molecule has 17 heavy (non-hydrogen) atoms. The highest BCUT2D eigenvalue weighted by atomic mass is 35.5. The van der Waals surface area contributed by atoms with Gasteiger partial charge >= 0.3 is 0 Å². The standard InChI is InChI=1S/C12H18N4.ClH/c1-8-4-11(15-7-14-8)16-5-9-2-3-10(6-16)12(9)13;/h4,7,9-10,12H,2-3,5-6,13H2,1H3;1H. The number of aromatic nitrogens is 2. The monoisotopic (exact) mass is 254 g/mol. The molecule has 2 heterocycles. The number of anilines is 1. The lowest BCUT2D eigenvalue weighted by Gasteiger charge is -2.36. The molecule has 1 aromatic heterocycles. The summed E-state index contributed by atoms with van der Waals surface area (Å²) in [6.07, 6.45) is 4.22. The van der Waals surface area contributed by atoms with Crippen molar-refractivity contribution in [1.82, 2.24) is 9.97 Å². The van der Waals surface area contributed by atoms with Crippen LogP contribution in [-0.2, 0) is 0 Å². The SMILES string of the molecule is Cc1cc(N2CC3CCC(C2)C3N)ncn1.Cl. The fraction of sp³-hybridized carbons (Fsp3) is 0.667. The first-order valence-corrected chi connectivity index (χ1v) is 6.03. The second-order valence-electron chi connectivity index (χ2n) is 5.10. The molecule has 2 atom stereocenters. The van der Waals surface area contributed by atoms with Crippen molar-refractivity contribution in [2.45, 2.75) is 25.8 Å². The minimum absolute atomic E-state index is 0. The van der Waals surface area contributed by atoms with Crippen molar-refractivity contribution < 1.29 is 0 Å². The minimum atomic E-state index is 0. The number of hydrogen-bond donors (Lipinski definition) is 1. The summed E-state index contributed by atoms with van der Waals surface area (Å²) in [6, 6.07) is 2.48. The summed E-state index contributed by atoms with van der Waals surface area (Å²) in [4.78, 5) is 10.9. The topological polar surface area (TPSA) is 55.0 Å². The quantitative estimate of drug-likeness (QED) is 0.823. The van der Waals surface area contributed by atoms with Gasteiger partial charge in [0.2, 0.25) is 0 Å². The van der Waals surface area contributed by atoms with Gasteiger partial charge in [0, 0.05) is 30.9 Å². The van der Waals surface area contributed by atoms with Crippen LogP contribution >= 0.6 is 12.4 Å².